The molecule has 0 radical (unpaired) electrons. The highest BCUT2D eigenvalue weighted by atomic mass is 16.4. The maximum Gasteiger partial charge on any atom is 0.328 e. The Hall–Kier alpha value is -1.35. The van der Waals surface area contributed by atoms with Crippen molar-refractivity contribution in [2.24, 2.45) is 41.4 Å². The second-order valence-corrected chi connectivity index (χ2v) is 9.34. The third kappa shape index (κ3) is 5.57. The molecular formula is C24H38O3. The number of aliphatic hydroxyl groups excluding tert-OH is 1. The Morgan fingerprint density at radius 1 is 1.15 bits per heavy atom. The molecule has 2 aliphatic carbocycles. The van der Waals surface area contributed by atoms with Gasteiger partial charge in [0, 0.05) is 6.08 Å². The van der Waals surface area contributed by atoms with Crippen LogP contribution in [0.4, 0.5) is 0 Å². The number of carbonyl (C=O) groups is 1. The molecule has 0 saturated heterocycles. The lowest BCUT2D eigenvalue weighted by molar-refractivity contribution is -0.131. The van der Waals surface area contributed by atoms with Gasteiger partial charge in [-0.05, 0) is 74.0 Å². The maximum atomic E-state index is 10.8. The molecule has 152 valence electrons. The Balaban J connectivity index is 2.36. The molecule has 0 spiro atoms. The molecule has 0 amide bonds. The van der Waals surface area contributed by atoms with E-state index in [1.54, 1.807) is 6.08 Å². The van der Waals surface area contributed by atoms with E-state index in [-0.39, 0.29) is 6.10 Å². The first-order valence-electron chi connectivity index (χ1n) is 10.6. The number of hydrogen-bond acceptors (Lipinski definition) is 2. The van der Waals surface area contributed by atoms with Crippen molar-refractivity contribution < 1.29 is 15.0 Å². The van der Waals surface area contributed by atoms with Crippen molar-refractivity contribution >= 4 is 5.97 Å². The van der Waals surface area contributed by atoms with Gasteiger partial charge in [0.05, 0.1) is 6.10 Å². The first-order valence-corrected chi connectivity index (χ1v) is 10.6. The number of rotatable bonds is 6. The van der Waals surface area contributed by atoms with E-state index in [0.29, 0.717) is 41.4 Å². The summed E-state index contributed by atoms with van der Waals surface area (Å²) >= 11 is 0. The van der Waals surface area contributed by atoms with Crippen LogP contribution in [0.5, 0.6) is 0 Å². The number of aliphatic hydroxyl groups is 1. The summed E-state index contributed by atoms with van der Waals surface area (Å²) in [5.74, 6) is 2.48. The number of carboxylic acid groups (broad SMARTS) is 1. The van der Waals surface area contributed by atoms with Crippen molar-refractivity contribution in [1.29, 1.82) is 0 Å². The van der Waals surface area contributed by atoms with Crippen molar-refractivity contribution in [2.45, 2.75) is 66.4 Å². The highest BCUT2D eigenvalue weighted by Crippen LogP contribution is 2.53. The molecule has 0 aliphatic heterocycles. The first-order chi connectivity index (χ1) is 12.7. The lowest BCUT2D eigenvalue weighted by Crippen LogP contribution is -2.48. The zero-order valence-corrected chi connectivity index (χ0v) is 17.6. The van der Waals surface area contributed by atoms with E-state index < -0.39 is 5.97 Å². The van der Waals surface area contributed by atoms with E-state index >= 15 is 0 Å². The first kappa shape index (κ1) is 21.9. The highest BCUT2D eigenvalue weighted by molar-refractivity contribution is 5.80. The van der Waals surface area contributed by atoms with Gasteiger partial charge in [-0.1, -0.05) is 57.6 Å². The molecule has 2 aliphatic rings. The molecule has 0 aromatic heterocycles. The van der Waals surface area contributed by atoms with E-state index in [0.717, 1.165) is 25.7 Å². The predicted octanol–water partition coefficient (Wildman–Crippen LogP) is 5.47. The lowest BCUT2D eigenvalue weighted by Gasteiger charge is -2.52. The van der Waals surface area contributed by atoms with E-state index in [2.05, 4.69) is 46.8 Å². The average molecular weight is 375 g/mol. The van der Waals surface area contributed by atoms with E-state index in [1.165, 1.54) is 11.6 Å². The molecule has 0 aromatic carbocycles. The van der Waals surface area contributed by atoms with Crippen LogP contribution in [0.2, 0.25) is 0 Å². The van der Waals surface area contributed by atoms with Crippen LogP contribution >= 0.6 is 0 Å². The fourth-order valence-corrected chi connectivity index (χ4v) is 5.58. The summed E-state index contributed by atoms with van der Waals surface area (Å²) in [6.07, 6.45) is 13.3. The molecule has 7 atom stereocenters. The molecule has 3 nitrogen and oxygen atoms in total. The Kier molecular flexibility index (Phi) is 7.91. The summed E-state index contributed by atoms with van der Waals surface area (Å²) in [5, 5.41) is 19.5. The lowest BCUT2D eigenvalue weighted by atomic mass is 9.53. The summed E-state index contributed by atoms with van der Waals surface area (Å²) in [4.78, 5) is 10.8. The monoisotopic (exact) mass is 374 g/mol. The number of fused-ring (bicyclic) bond motifs is 1. The number of carboxylic acids is 1. The summed E-state index contributed by atoms with van der Waals surface area (Å²) < 4.78 is 0. The molecule has 2 rings (SSSR count). The van der Waals surface area contributed by atoms with Crippen molar-refractivity contribution in [3.8, 4) is 0 Å². The summed E-state index contributed by atoms with van der Waals surface area (Å²) in [5.41, 5.74) is 1.46. The van der Waals surface area contributed by atoms with Gasteiger partial charge in [-0.15, -0.1) is 0 Å². The molecule has 2 N–H and O–H groups in total. The number of allylic oxidation sites excluding steroid dienone is 5. The van der Waals surface area contributed by atoms with Gasteiger partial charge in [0.1, 0.15) is 0 Å². The number of aliphatic carboxylic acids is 1. The molecular weight excluding hydrogens is 336 g/mol. The normalized spacial score (nSPS) is 37.9. The fourth-order valence-electron chi connectivity index (χ4n) is 5.58. The van der Waals surface area contributed by atoms with Crippen molar-refractivity contribution in [2.75, 3.05) is 0 Å². The van der Waals surface area contributed by atoms with Gasteiger partial charge in [0.15, 0.2) is 0 Å². The van der Waals surface area contributed by atoms with Gasteiger partial charge in [-0.2, -0.15) is 0 Å². The maximum absolute atomic E-state index is 10.8. The van der Waals surface area contributed by atoms with Crippen LogP contribution in [0.15, 0.2) is 36.0 Å². The van der Waals surface area contributed by atoms with Gasteiger partial charge in [-0.3, -0.25) is 0 Å². The minimum atomic E-state index is -0.916. The smallest absolute Gasteiger partial charge is 0.328 e. The van der Waals surface area contributed by atoms with Gasteiger partial charge in [0.25, 0.3) is 0 Å². The summed E-state index contributed by atoms with van der Waals surface area (Å²) in [6, 6.07) is 0. The third-order valence-corrected chi connectivity index (χ3v) is 6.80. The Bertz CT molecular complexity index is 586. The molecule has 2 saturated carbocycles. The highest BCUT2D eigenvalue weighted by Gasteiger charge is 2.48. The van der Waals surface area contributed by atoms with Crippen molar-refractivity contribution in [1.82, 2.24) is 0 Å². The van der Waals surface area contributed by atoms with Crippen molar-refractivity contribution in [3.63, 3.8) is 0 Å². The zero-order chi connectivity index (χ0) is 20.1. The predicted molar refractivity (Wildman–Crippen MR) is 111 cm³/mol. The van der Waals surface area contributed by atoms with Crippen LogP contribution < -0.4 is 0 Å². The number of hydrogen-bond donors (Lipinski definition) is 2. The van der Waals surface area contributed by atoms with Crippen LogP contribution in [-0.4, -0.2) is 22.3 Å². The Morgan fingerprint density at radius 3 is 2.48 bits per heavy atom. The molecule has 27 heavy (non-hydrogen) atoms. The van der Waals surface area contributed by atoms with Crippen LogP contribution in [0, 0.1) is 41.4 Å². The van der Waals surface area contributed by atoms with E-state index in [1.807, 2.05) is 6.08 Å². The third-order valence-electron chi connectivity index (χ3n) is 6.80. The Labute approximate surface area is 165 Å². The van der Waals surface area contributed by atoms with Crippen molar-refractivity contribution in [3.05, 3.63) is 36.0 Å². The van der Waals surface area contributed by atoms with E-state index in [9.17, 15) is 9.90 Å². The Morgan fingerprint density at radius 2 is 1.85 bits per heavy atom. The van der Waals surface area contributed by atoms with Crippen LogP contribution in [0.25, 0.3) is 0 Å². The van der Waals surface area contributed by atoms with Gasteiger partial charge in [-0.25, -0.2) is 4.79 Å². The van der Waals surface area contributed by atoms with Crippen LogP contribution in [0.1, 0.15) is 60.3 Å². The summed E-state index contributed by atoms with van der Waals surface area (Å²) in [6.45, 7) is 11.4. The van der Waals surface area contributed by atoms with Gasteiger partial charge >= 0.3 is 5.97 Å². The van der Waals surface area contributed by atoms with Crippen LogP contribution in [-0.2, 0) is 4.79 Å². The molecule has 0 aromatic rings. The molecule has 0 unspecified atom stereocenters. The standard InChI is InChI=1S/C24H38O3/c1-15(2)10-11-16(3)23-18(5)14-20-21(25)13-12-17(4)24(20)19(23)8-6-7-9-22(26)27/h6-9,11,15,17-21,23-25H,10,12-14H2,1-5H3,(H,26,27)/b8-6+,9-7+,16-11-/t17-,18+,19+,20-,21-,23+,24-/m0/s1. The molecule has 0 bridgehead atoms. The largest absolute Gasteiger partial charge is 0.478 e. The fraction of sp³-hybridized carbons (Fsp3) is 0.708. The topological polar surface area (TPSA) is 57.5 Å². The molecule has 0 heterocycles. The minimum absolute atomic E-state index is 0.194. The van der Waals surface area contributed by atoms with Gasteiger partial charge < -0.3 is 10.2 Å². The zero-order valence-electron chi connectivity index (χ0n) is 17.6. The van der Waals surface area contributed by atoms with Gasteiger partial charge in [0.2, 0.25) is 0 Å². The van der Waals surface area contributed by atoms with Crippen LogP contribution in [0.3, 0.4) is 0 Å². The minimum Gasteiger partial charge on any atom is -0.478 e. The quantitative estimate of drug-likeness (QED) is 0.368. The van der Waals surface area contributed by atoms with E-state index in [4.69, 9.17) is 5.11 Å². The second kappa shape index (κ2) is 9.73. The summed E-state index contributed by atoms with van der Waals surface area (Å²) in [7, 11) is 0. The molecule has 2 fully saturated rings. The second-order valence-electron chi connectivity index (χ2n) is 9.34. The SMILES string of the molecule is C/C(=C/CC(C)C)[C@H]1[C@@H](/C=C/C=C/C(=O)O)[C@H]2[C@@H](C[C@H]1C)[C@@H](O)CC[C@@H]2C. The molecule has 3 heteroatoms. The average Bonchev–Trinajstić information content (AvgIpc) is 2.59.